The summed E-state index contributed by atoms with van der Waals surface area (Å²) in [5, 5.41) is 3.00. The number of rotatable bonds is 5. The number of alkyl halides is 3. The van der Waals surface area contributed by atoms with Gasteiger partial charge in [-0.3, -0.25) is 4.90 Å². The first kappa shape index (κ1) is 22.7. The van der Waals surface area contributed by atoms with Crippen molar-refractivity contribution < 1.29 is 13.2 Å². The molecule has 2 fully saturated rings. The van der Waals surface area contributed by atoms with E-state index in [-0.39, 0.29) is 5.95 Å². The zero-order valence-electron chi connectivity index (χ0n) is 18.6. The Morgan fingerprint density at radius 2 is 1.62 bits per heavy atom. The molecule has 0 saturated carbocycles. The van der Waals surface area contributed by atoms with Crippen LogP contribution in [0.3, 0.4) is 0 Å². The van der Waals surface area contributed by atoms with Crippen molar-refractivity contribution in [3.63, 3.8) is 0 Å². The number of pyridine rings is 1. The summed E-state index contributed by atoms with van der Waals surface area (Å²) in [5.41, 5.74) is 0.871. The summed E-state index contributed by atoms with van der Waals surface area (Å²) in [6.45, 7) is 8.55. The Labute approximate surface area is 186 Å². The number of aromatic nitrogens is 3. The molecule has 2 saturated heterocycles. The van der Waals surface area contributed by atoms with Gasteiger partial charge in [0.15, 0.2) is 0 Å². The minimum absolute atomic E-state index is 0.121. The lowest BCUT2D eigenvalue weighted by atomic mass is 10.0. The molecular weight excluding hydrogens is 419 g/mol. The van der Waals surface area contributed by atoms with E-state index < -0.39 is 11.7 Å². The summed E-state index contributed by atoms with van der Waals surface area (Å²) in [6.07, 6.45) is 1.87. The Balaban J connectivity index is 1.38. The van der Waals surface area contributed by atoms with Gasteiger partial charge in [0.2, 0.25) is 5.95 Å². The molecule has 0 spiro atoms. The van der Waals surface area contributed by atoms with Gasteiger partial charge in [0.05, 0.1) is 17.4 Å². The van der Waals surface area contributed by atoms with Crippen molar-refractivity contribution in [1.82, 2.24) is 24.8 Å². The Morgan fingerprint density at radius 3 is 2.22 bits per heavy atom. The first-order valence-electron chi connectivity index (χ1n) is 11.2. The Hall–Kier alpha value is -2.46. The van der Waals surface area contributed by atoms with Crippen molar-refractivity contribution in [2.75, 3.05) is 56.5 Å². The second-order valence-corrected chi connectivity index (χ2v) is 8.53. The van der Waals surface area contributed by atoms with E-state index in [1.807, 2.05) is 6.92 Å². The van der Waals surface area contributed by atoms with Crippen LogP contribution >= 0.6 is 0 Å². The van der Waals surface area contributed by atoms with Gasteiger partial charge >= 0.3 is 6.18 Å². The van der Waals surface area contributed by atoms with Crippen molar-refractivity contribution in [1.29, 1.82) is 0 Å². The molecule has 4 rings (SSSR count). The standard InChI is InChI=1S/C22H30F3N7/c1-3-16-12-20(32-6-4-18(5-7-32)31-10-8-30(2)9-11-31)26-15-19(16)29-21-27-13-17(14-28-21)22(23,24)25/h12-15,18H,3-11H2,1-2H3,(H,27,28,29). The van der Waals surface area contributed by atoms with Gasteiger partial charge in [-0.2, -0.15) is 13.2 Å². The average Bonchev–Trinajstić information content (AvgIpc) is 2.80. The molecule has 0 unspecified atom stereocenters. The Morgan fingerprint density at radius 1 is 0.969 bits per heavy atom. The van der Waals surface area contributed by atoms with Crippen molar-refractivity contribution >= 4 is 17.5 Å². The molecule has 2 aromatic heterocycles. The highest BCUT2D eigenvalue weighted by atomic mass is 19.4. The number of nitrogens with zero attached hydrogens (tertiary/aromatic N) is 6. The van der Waals surface area contributed by atoms with Gasteiger partial charge in [-0.25, -0.2) is 15.0 Å². The maximum atomic E-state index is 12.7. The minimum Gasteiger partial charge on any atom is -0.356 e. The fraction of sp³-hybridized carbons (Fsp3) is 0.591. The molecule has 32 heavy (non-hydrogen) atoms. The van der Waals surface area contributed by atoms with Crippen molar-refractivity contribution in [2.45, 2.75) is 38.4 Å². The number of nitrogens with one attached hydrogen (secondary N) is 1. The Bertz CT molecular complexity index is 887. The molecule has 7 nitrogen and oxygen atoms in total. The van der Waals surface area contributed by atoms with Crippen LogP contribution in [0.15, 0.2) is 24.7 Å². The van der Waals surface area contributed by atoms with Crippen LogP contribution in [0.25, 0.3) is 0 Å². The monoisotopic (exact) mass is 449 g/mol. The molecule has 0 aliphatic carbocycles. The lowest BCUT2D eigenvalue weighted by Gasteiger charge is -2.42. The highest BCUT2D eigenvalue weighted by molar-refractivity contribution is 5.61. The van der Waals surface area contributed by atoms with Gasteiger partial charge in [0, 0.05) is 57.7 Å². The molecular formula is C22H30F3N7. The summed E-state index contributed by atoms with van der Waals surface area (Å²) < 4.78 is 38.1. The first-order chi connectivity index (χ1) is 15.3. The third-order valence-electron chi connectivity index (χ3n) is 6.42. The van der Waals surface area contributed by atoms with E-state index in [0.29, 0.717) is 11.7 Å². The van der Waals surface area contributed by atoms with Gasteiger partial charge in [0.25, 0.3) is 0 Å². The smallest absolute Gasteiger partial charge is 0.356 e. The third-order valence-corrected chi connectivity index (χ3v) is 6.42. The first-order valence-corrected chi connectivity index (χ1v) is 11.2. The van der Waals surface area contributed by atoms with Gasteiger partial charge in [0.1, 0.15) is 5.82 Å². The van der Waals surface area contributed by atoms with Crippen LogP contribution < -0.4 is 10.2 Å². The van der Waals surface area contributed by atoms with E-state index in [2.05, 4.69) is 48.1 Å². The molecule has 0 atom stereocenters. The minimum atomic E-state index is -4.45. The number of aryl methyl sites for hydroxylation is 1. The van der Waals surface area contributed by atoms with Crippen LogP contribution in [0.1, 0.15) is 30.9 Å². The number of halogens is 3. The highest BCUT2D eigenvalue weighted by Crippen LogP contribution is 2.29. The number of likely N-dealkylation sites (N-methyl/N-ethyl adjacent to an activating group) is 1. The summed E-state index contributed by atoms with van der Waals surface area (Å²) in [7, 11) is 2.18. The zero-order valence-corrected chi connectivity index (χ0v) is 18.6. The lowest BCUT2D eigenvalue weighted by molar-refractivity contribution is -0.138. The van der Waals surface area contributed by atoms with E-state index >= 15 is 0 Å². The molecule has 2 aliphatic heterocycles. The van der Waals surface area contributed by atoms with Gasteiger partial charge in [-0.1, -0.05) is 6.92 Å². The zero-order chi connectivity index (χ0) is 22.7. The topological polar surface area (TPSA) is 60.4 Å². The van der Waals surface area contributed by atoms with Gasteiger partial charge in [-0.15, -0.1) is 0 Å². The number of hydrogen-bond donors (Lipinski definition) is 1. The van der Waals surface area contributed by atoms with E-state index in [1.54, 1.807) is 6.20 Å². The van der Waals surface area contributed by atoms with Gasteiger partial charge < -0.3 is 15.1 Å². The van der Waals surface area contributed by atoms with E-state index in [1.165, 1.54) is 0 Å². The second-order valence-electron chi connectivity index (χ2n) is 8.53. The van der Waals surface area contributed by atoms with Crippen molar-refractivity contribution in [3.8, 4) is 0 Å². The fourth-order valence-electron chi connectivity index (χ4n) is 4.37. The molecule has 174 valence electrons. The molecule has 2 aromatic rings. The van der Waals surface area contributed by atoms with Crippen LogP contribution in [-0.4, -0.2) is 77.1 Å². The van der Waals surface area contributed by atoms with Crippen molar-refractivity contribution in [3.05, 3.63) is 35.8 Å². The maximum absolute atomic E-state index is 12.7. The van der Waals surface area contributed by atoms with Crippen LogP contribution in [-0.2, 0) is 12.6 Å². The molecule has 10 heteroatoms. The van der Waals surface area contributed by atoms with Crippen molar-refractivity contribution in [2.24, 2.45) is 0 Å². The highest BCUT2D eigenvalue weighted by Gasteiger charge is 2.31. The maximum Gasteiger partial charge on any atom is 0.419 e. The fourth-order valence-corrected chi connectivity index (χ4v) is 4.37. The number of piperidine rings is 1. The average molecular weight is 450 g/mol. The van der Waals surface area contributed by atoms with Crippen LogP contribution in [0.5, 0.6) is 0 Å². The number of anilines is 3. The lowest BCUT2D eigenvalue weighted by Crippen LogP contribution is -2.52. The quantitative estimate of drug-likeness (QED) is 0.751. The summed E-state index contributed by atoms with van der Waals surface area (Å²) in [6, 6.07) is 2.70. The summed E-state index contributed by atoms with van der Waals surface area (Å²) in [5.74, 6) is 1.06. The number of piperazine rings is 1. The molecule has 0 amide bonds. The number of hydrogen-bond acceptors (Lipinski definition) is 7. The van der Waals surface area contributed by atoms with Crippen LogP contribution in [0, 0.1) is 0 Å². The summed E-state index contributed by atoms with van der Waals surface area (Å²) in [4.78, 5) is 19.5. The van der Waals surface area contributed by atoms with Gasteiger partial charge in [-0.05, 0) is 37.9 Å². The normalized spacial score (nSPS) is 19.3. The molecule has 0 aromatic carbocycles. The molecule has 2 aliphatic rings. The second kappa shape index (κ2) is 9.58. The predicted molar refractivity (Wildman–Crippen MR) is 118 cm³/mol. The SMILES string of the molecule is CCc1cc(N2CCC(N3CCN(C)CC3)CC2)ncc1Nc1ncc(C(F)(F)F)cn1. The van der Waals surface area contributed by atoms with E-state index in [4.69, 9.17) is 0 Å². The summed E-state index contributed by atoms with van der Waals surface area (Å²) >= 11 is 0. The van der Waals surface area contributed by atoms with Crippen LogP contribution in [0.4, 0.5) is 30.6 Å². The largest absolute Gasteiger partial charge is 0.419 e. The molecule has 1 N–H and O–H groups in total. The molecule has 0 radical (unpaired) electrons. The predicted octanol–water partition coefficient (Wildman–Crippen LogP) is 3.41. The molecule has 0 bridgehead atoms. The van der Waals surface area contributed by atoms with E-state index in [0.717, 1.165) is 82.3 Å². The third kappa shape index (κ3) is 5.29. The van der Waals surface area contributed by atoms with E-state index in [9.17, 15) is 13.2 Å². The molecule has 4 heterocycles. The van der Waals surface area contributed by atoms with Crippen LogP contribution in [0.2, 0.25) is 0 Å². The Kier molecular flexibility index (Phi) is 6.80.